The monoisotopic (exact) mass is 339 g/mol. The molecule has 0 aliphatic rings. The van der Waals surface area contributed by atoms with Crippen LogP contribution in [0, 0.1) is 5.82 Å². The van der Waals surface area contributed by atoms with Crippen LogP contribution in [0.4, 0.5) is 4.39 Å². The van der Waals surface area contributed by atoms with E-state index in [1.807, 2.05) is 4.72 Å². The van der Waals surface area contributed by atoms with Gasteiger partial charge in [0.25, 0.3) is 0 Å². The van der Waals surface area contributed by atoms with Crippen LogP contribution in [0.1, 0.15) is 11.1 Å². The second kappa shape index (κ2) is 6.37. The molecule has 0 aromatic heterocycles. The van der Waals surface area contributed by atoms with E-state index in [0.717, 1.165) is 12.3 Å². The number of halogens is 1. The number of amidine groups is 1. The maximum absolute atomic E-state index is 13.7. The minimum Gasteiger partial charge on any atom is -0.409 e. The van der Waals surface area contributed by atoms with Crippen LogP contribution in [-0.2, 0) is 26.4 Å². The van der Waals surface area contributed by atoms with Gasteiger partial charge >= 0.3 is 0 Å². The lowest BCUT2D eigenvalue weighted by Gasteiger charge is -2.08. The Balaban J connectivity index is 2.86. The summed E-state index contributed by atoms with van der Waals surface area (Å²) in [6.07, 6.45) is 0.776. The van der Waals surface area contributed by atoms with Crippen molar-refractivity contribution in [2.45, 2.75) is 6.54 Å². The lowest BCUT2D eigenvalue weighted by atomic mass is 10.1. The van der Waals surface area contributed by atoms with E-state index in [-0.39, 0.29) is 17.0 Å². The van der Waals surface area contributed by atoms with Crippen molar-refractivity contribution in [1.82, 2.24) is 4.72 Å². The fourth-order valence-electron chi connectivity index (χ4n) is 1.42. The molecule has 0 amide bonds. The zero-order valence-electron chi connectivity index (χ0n) is 10.9. The van der Waals surface area contributed by atoms with Crippen LogP contribution in [-0.4, -0.2) is 39.2 Å². The highest BCUT2D eigenvalue weighted by atomic mass is 32.3. The first-order valence-electron chi connectivity index (χ1n) is 5.45. The Morgan fingerprint density at radius 2 is 2.00 bits per heavy atom. The van der Waals surface area contributed by atoms with Crippen molar-refractivity contribution in [2.24, 2.45) is 10.9 Å². The molecule has 0 spiro atoms. The zero-order chi connectivity index (χ0) is 16.3. The third kappa shape index (κ3) is 5.65. The van der Waals surface area contributed by atoms with Gasteiger partial charge < -0.3 is 10.9 Å². The molecule has 0 unspecified atom stereocenters. The first-order valence-corrected chi connectivity index (χ1v) is 9.17. The molecule has 118 valence electrons. The fourth-order valence-corrected chi connectivity index (χ4v) is 4.38. The summed E-state index contributed by atoms with van der Waals surface area (Å²) in [7, 11) is -7.80. The van der Waals surface area contributed by atoms with Crippen LogP contribution in [0.15, 0.2) is 23.4 Å². The van der Waals surface area contributed by atoms with E-state index >= 15 is 0 Å². The molecule has 0 aliphatic carbocycles. The average Bonchev–Trinajstić information content (AvgIpc) is 2.33. The minimum absolute atomic E-state index is 0.0124. The van der Waals surface area contributed by atoms with Crippen molar-refractivity contribution >= 4 is 25.7 Å². The van der Waals surface area contributed by atoms with Crippen LogP contribution in [0.2, 0.25) is 0 Å². The molecule has 1 aromatic carbocycles. The molecule has 0 bridgehead atoms. The van der Waals surface area contributed by atoms with Crippen LogP contribution in [0.25, 0.3) is 0 Å². The van der Waals surface area contributed by atoms with Gasteiger partial charge in [-0.25, -0.2) is 25.9 Å². The molecule has 8 nitrogen and oxygen atoms in total. The lowest BCUT2D eigenvalue weighted by molar-refractivity contribution is 0.318. The molecule has 0 heterocycles. The number of benzene rings is 1. The Morgan fingerprint density at radius 1 is 1.38 bits per heavy atom. The van der Waals surface area contributed by atoms with Gasteiger partial charge in [-0.1, -0.05) is 17.3 Å². The third-order valence-electron chi connectivity index (χ3n) is 2.31. The van der Waals surface area contributed by atoms with E-state index in [1.54, 1.807) is 0 Å². The summed E-state index contributed by atoms with van der Waals surface area (Å²) < 4.78 is 60.5. The summed E-state index contributed by atoms with van der Waals surface area (Å²) in [5.74, 6) is -1.07. The molecule has 11 heteroatoms. The Bertz CT molecular complexity index is 759. The second-order valence-electron chi connectivity index (χ2n) is 4.27. The molecule has 1 aromatic rings. The minimum atomic E-state index is -4.08. The highest BCUT2D eigenvalue weighted by Gasteiger charge is 2.18. The van der Waals surface area contributed by atoms with Gasteiger partial charge in [0, 0.05) is 23.9 Å². The van der Waals surface area contributed by atoms with Crippen molar-refractivity contribution in [3.8, 4) is 0 Å². The zero-order valence-corrected chi connectivity index (χ0v) is 12.6. The van der Waals surface area contributed by atoms with Crippen LogP contribution < -0.4 is 10.5 Å². The van der Waals surface area contributed by atoms with E-state index in [9.17, 15) is 21.2 Å². The molecule has 0 aliphatic heterocycles. The first-order chi connectivity index (χ1) is 9.54. The topological polar surface area (TPSA) is 139 Å². The molecule has 0 saturated heterocycles. The average molecular weight is 339 g/mol. The van der Waals surface area contributed by atoms with Gasteiger partial charge in [0.05, 0.1) is 0 Å². The van der Waals surface area contributed by atoms with Gasteiger partial charge in [-0.3, -0.25) is 0 Å². The molecule has 0 radical (unpaired) electrons. The van der Waals surface area contributed by atoms with E-state index in [2.05, 4.69) is 5.16 Å². The van der Waals surface area contributed by atoms with Gasteiger partial charge in [0.15, 0.2) is 20.8 Å². The molecule has 0 fully saturated rings. The number of sulfone groups is 1. The number of sulfonamides is 1. The van der Waals surface area contributed by atoms with Crippen molar-refractivity contribution in [2.75, 3.05) is 11.3 Å². The smallest absolute Gasteiger partial charge is 0.226 e. The maximum Gasteiger partial charge on any atom is 0.226 e. The van der Waals surface area contributed by atoms with Gasteiger partial charge in [0.2, 0.25) is 10.0 Å². The second-order valence-corrected chi connectivity index (χ2v) is 8.58. The summed E-state index contributed by atoms with van der Waals surface area (Å²) in [5.41, 5.74) is 5.39. The first kappa shape index (κ1) is 17.3. The summed E-state index contributed by atoms with van der Waals surface area (Å²) >= 11 is 0. The summed E-state index contributed by atoms with van der Waals surface area (Å²) in [6, 6.07) is 3.54. The predicted molar refractivity (Wildman–Crippen MR) is 74.4 cm³/mol. The highest BCUT2D eigenvalue weighted by molar-refractivity contribution is 8.06. The van der Waals surface area contributed by atoms with Gasteiger partial charge in [-0.05, 0) is 6.07 Å². The predicted octanol–water partition coefficient (Wildman–Crippen LogP) is -0.658. The van der Waals surface area contributed by atoms with E-state index in [4.69, 9.17) is 10.9 Å². The largest absolute Gasteiger partial charge is 0.409 e. The fraction of sp³-hybridized carbons (Fsp3) is 0.300. The van der Waals surface area contributed by atoms with Crippen LogP contribution in [0.3, 0.4) is 0 Å². The summed E-state index contributed by atoms with van der Waals surface area (Å²) in [6.45, 7) is -0.417. The van der Waals surface area contributed by atoms with Gasteiger partial charge in [-0.15, -0.1) is 0 Å². The van der Waals surface area contributed by atoms with E-state index < -0.39 is 37.3 Å². The SMILES string of the molecule is CS(=O)(=O)CS(=O)(=O)NCc1ccc(/C(N)=N/O)cc1F. The van der Waals surface area contributed by atoms with Crippen LogP contribution in [0.5, 0.6) is 0 Å². The molecule has 1 rings (SSSR count). The number of nitrogens with two attached hydrogens (primary N) is 1. The Hall–Kier alpha value is -1.72. The third-order valence-corrected chi connectivity index (χ3v) is 5.85. The number of oxime groups is 1. The van der Waals surface area contributed by atoms with Gasteiger partial charge in [0.1, 0.15) is 5.82 Å². The standard InChI is InChI=1S/C10H14FN3O5S2/c1-20(16,17)6-21(18,19)13-5-8-3-2-7(4-9(8)11)10(12)14-15/h2-4,13,15H,5-6H2,1H3,(H2,12,14). The molecular weight excluding hydrogens is 325 g/mol. The Labute approximate surface area is 121 Å². The number of hydrogen-bond donors (Lipinski definition) is 3. The highest BCUT2D eigenvalue weighted by Crippen LogP contribution is 2.11. The van der Waals surface area contributed by atoms with Crippen molar-refractivity contribution in [3.63, 3.8) is 0 Å². The number of hydrogen-bond acceptors (Lipinski definition) is 6. The van der Waals surface area contributed by atoms with Gasteiger partial charge in [-0.2, -0.15) is 0 Å². The molecule has 4 N–H and O–H groups in total. The number of rotatable bonds is 6. The lowest BCUT2D eigenvalue weighted by Crippen LogP contribution is -2.29. The summed E-state index contributed by atoms with van der Waals surface area (Å²) in [5, 5.41) is 10.1. The van der Waals surface area contributed by atoms with E-state index in [0.29, 0.717) is 0 Å². The van der Waals surface area contributed by atoms with Crippen LogP contribution >= 0.6 is 0 Å². The molecule has 0 saturated carbocycles. The number of nitrogens with one attached hydrogen (secondary N) is 1. The van der Waals surface area contributed by atoms with E-state index in [1.165, 1.54) is 12.1 Å². The molecule has 21 heavy (non-hydrogen) atoms. The number of nitrogens with zero attached hydrogens (tertiary/aromatic N) is 1. The van der Waals surface area contributed by atoms with Crippen molar-refractivity contribution in [1.29, 1.82) is 0 Å². The quantitative estimate of drug-likeness (QED) is 0.272. The Morgan fingerprint density at radius 3 is 2.48 bits per heavy atom. The maximum atomic E-state index is 13.7. The Kier molecular flexibility index (Phi) is 5.25. The summed E-state index contributed by atoms with van der Waals surface area (Å²) in [4.78, 5) is 0. The van der Waals surface area contributed by atoms with Crippen molar-refractivity contribution < 1.29 is 26.4 Å². The molecule has 0 atom stereocenters. The van der Waals surface area contributed by atoms with Crippen molar-refractivity contribution in [3.05, 3.63) is 35.1 Å². The molecular formula is C10H14FN3O5S2. The normalized spacial score (nSPS) is 13.3.